The van der Waals surface area contributed by atoms with Crippen molar-refractivity contribution in [1.82, 2.24) is 5.32 Å². The average Bonchev–Trinajstić information content (AvgIpc) is 3.08. The second-order valence-electron chi connectivity index (χ2n) is 4.40. The molecule has 4 nitrogen and oxygen atoms in total. The zero-order chi connectivity index (χ0) is 13.2. The van der Waals surface area contributed by atoms with E-state index in [4.69, 9.17) is 5.11 Å². The number of nitrogens with one attached hydrogen (secondary N) is 1. The predicted molar refractivity (Wildman–Crippen MR) is 69.5 cm³/mol. The molecule has 0 aliphatic heterocycles. The van der Waals surface area contributed by atoms with Crippen LogP contribution in [0.5, 0.6) is 0 Å². The van der Waals surface area contributed by atoms with E-state index in [1.165, 1.54) is 0 Å². The number of carbonyl (C=O) groups is 2. The van der Waals surface area contributed by atoms with E-state index in [0.717, 1.165) is 23.3 Å². The van der Waals surface area contributed by atoms with Crippen molar-refractivity contribution in [2.24, 2.45) is 0 Å². The summed E-state index contributed by atoms with van der Waals surface area (Å²) >= 11 is 1.64. The fraction of sp³-hybridized carbons (Fsp3) is 0.385. The summed E-state index contributed by atoms with van der Waals surface area (Å²) in [6, 6.07) is 7.92. The van der Waals surface area contributed by atoms with Crippen LogP contribution in [0.15, 0.2) is 29.2 Å². The zero-order valence-corrected chi connectivity index (χ0v) is 10.9. The van der Waals surface area contributed by atoms with E-state index in [2.05, 4.69) is 5.32 Å². The lowest BCUT2D eigenvalue weighted by atomic mass is 10.0. The number of benzene rings is 1. The van der Waals surface area contributed by atoms with Crippen molar-refractivity contribution in [3.05, 3.63) is 29.8 Å². The summed E-state index contributed by atoms with van der Waals surface area (Å²) < 4.78 is 0. The number of carboxylic acid groups (broad SMARTS) is 1. The molecule has 1 aromatic rings. The van der Waals surface area contributed by atoms with E-state index in [9.17, 15) is 9.59 Å². The van der Waals surface area contributed by atoms with E-state index in [-0.39, 0.29) is 5.54 Å². The van der Waals surface area contributed by atoms with Gasteiger partial charge in [-0.1, -0.05) is 18.2 Å². The molecule has 0 radical (unpaired) electrons. The molecule has 1 aliphatic carbocycles. The number of carboxylic acids is 1. The number of carbonyl (C=O) groups excluding carboxylic acids is 1. The molecule has 0 atom stereocenters. The quantitative estimate of drug-likeness (QED) is 0.631. The minimum Gasteiger partial charge on any atom is -0.481 e. The second-order valence-corrected chi connectivity index (χ2v) is 5.25. The van der Waals surface area contributed by atoms with Gasteiger partial charge < -0.3 is 10.4 Å². The van der Waals surface area contributed by atoms with Gasteiger partial charge in [0.15, 0.2) is 0 Å². The summed E-state index contributed by atoms with van der Waals surface area (Å²) in [6.45, 7) is 0. The molecule has 0 bridgehead atoms. The maximum atomic E-state index is 11.6. The van der Waals surface area contributed by atoms with Crippen molar-refractivity contribution in [1.29, 1.82) is 0 Å². The highest BCUT2D eigenvalue weighted by molar-refractivity contribution is 7.98. The summed E-state index contributed by atoms with van der Waals surface area (Å²) in [5.74, 6) is -1.52. The first-order chi connectivity index (χ1) is 8.57. The Kier molecular flexibility index (Phi) is 3.61. The molecule has 1 saturated carbocycles. The topological polar surface area (TPSA) is 66.4 Å². The molecule has 0 unspecified atom stereocenters. The van der Waals surface area contributed by atoms with Crippen molar-refractivity contribution in [3.63, 3.8) is 0 Å². The van der Waals surface area contributed by atoms with E-state index in [0.29, 0.717) is 0 Å². The lowest BCUT2D eigenvalue weighted by molar-refractivity contribution is -0.140. The molecule has 1 aromatic carbocycles. The SMILES string of the molecule is CSc1ccccc1C1(NC(=O)CC(=O)O)CC1. The van der Waals surface area contributed by atoms with Crippen molar-refractivity contribution < 1.29 is 14.7 Å². The van der Waals surface area contributed by atoms with Gasteiger partial charge in [0.1, 0.15) is 6.42 Å². The van der Waals surface area contributed by atoms with Crippen LogP contribution in [0.25, 0.3) is 0 Å². The Hall–Kier alpha value is -1.49. The lowest BCUT2D eigenvalue weighted by Gasteiger charge is -2.20. The smallest absolute Gasteiger partial charge is 0.312 e. The monoisotopic (exact) mass is 265 g/mol. The second kappa shape index (κ2) is 5.02. The third kappa shape index (κ3) is 2.67. The van der Waals surface area contributed by atoms with E-state index in [1.54, 1.807) is 11.8 Å². The van der Waals surface area contributed by atoms with Gasteiger partial charge in [0.2, 0.25) is 5.91 Å². The van der Waals surface area contributed by atoms with Crippen LogP contribution < -0.4 is 5.32 Å². The van der Waals surface area contributed by atoms with Gasteiger partial charge in [-0.3, -0.25) is 9.59 Å². The van der Waals surface area contributed by atoms with Crippen LogP contribution in [0.1, 0.15) is 24.8 Å². The van der Waals surface area contributed by atoms with Crippen LogP contribution >= 0.6 is 11.8 Å². The minimum atomic E-state index is -1.10. The highest BCUT2D eigenvalue weighted by Gasteiger charge is 2.46. The molecule has 1 aliphatic rings. The number of thioether (sulfide) groups is 1. The molecule has 5 heteroatoms. The fourth-order valence-corrected chi connectivity index (χ4v) is 2.77. The summed E-state index contributed by atoms with van der Waals surface area (Å²) in [6.07, 6.45) is 3.27. The van der Waals surface area contributed by atoms with Crippen LogP contribution in [0, 0.1) is 0 Å². The van der Waals surface area contributed by atoms with E-state index >= 15 is 0 Å². The number of hydrogen-bond acceptors (Lipinski definition) is 3. The van der Waals surface area contributed by atoms with Crippen LogP contribution in [0.2, 0.25) is 0 Å². The first-order valence-electron chi connectivity index (χ1n) is 5.74. The van der Waals surface area contributed by atoms with Gasteiger partial charge in [-0.15, -0.1) is 11.8 Å². The number of aliphatic carboxylic acids is 1. The Balaban J connectivity index is 2.16. The van der Waals surface area contributed by atoms with Gasteiger partial charge in [-0.2, -0.15) is 0 Å². The molecule has 2 N–H and O–H groups in total. The van der Waals surface area contributed by atoms with Crippen molar-refractivity contribution in [3.8, 4) is 0 Å². The average molecular weight is 265 g/mol. The maximum absolute atomic E-state index is 11.6. The largest absolute Gasteiger partial charge is 0.481 e. The Morgan fingerprint density at radius 3 is 2.61 bits per heavy atom. The normalized spacial score (nSPS) is 16.1. The standard InChI is InChI=1S/C13H15NO3S/c1-18-10-5-3-2-4-9(10)13(6-7-13)14-11(15)8-12(16)17/h2-5H,6-8H2,1H3,(H,14,15)(H,16,17). The molecular weight excluding hydrogens is 250 g/mol. The minimum absolute atomic E-state index is 0.341. The predicted octanol–water partition coefficient (Wildman–Crippen LogP) is 1.99. The summed E-state index contributed by atoms with van der Waals surface area (Å²) in [4.78, 5) is 23.2. The molecule has 2 rings (SSSR count). The Labute approximate surface area is 110 Å². The first-order valence-corrected chi connectivity index (χ1v) is 6.96. The van der Waals surface area contributed by atoms with Crippen LogP contribution in [-0.2, 0) is 15.1 Å². The Morgan fingerprint density at radius 2 is 2.06 bits per heavy atom. The first kappa shape index (κ1) is 13.0. The molecule has 0 saturated heterocycles. The lowest BCUT2D eigenvalue weighted by Crippen LogP contribution is -2.36. The van der Waals surface area contributed by atoms with Gasteiger partial charge in [0.25, 0.3) is 0 Å². The summed E-state index contributed by atoms with van der Waals surface area (Å²) in [5.41, 5.74) is 0.753. The molecule has 1 fully saturated rings. The van der Waals surface area contributed by atoms with Crippen molar-refractivity contribution in [2.45, 2.75) is 29.7 Å². The Bertz CT molecular complexity index is 483. The van der Waals surface area contributed by atoms with Crippen LogP contribution in [-0.4, -0.2) is 23.2 Å². The third-order valence-corrected chi connectivity index (χ3v) is 3.86. The fourth-order valence-electron chi connectivity index (χ4n) is 2.08. The molecular formula is C13H15NO3S. The molecule has 0 heterocycles. The van der Waals surface area contributed by atoms with Gasteiger partial charge in [0.05, 0.1) is 5.54 Å². The maximum Gasteiger partial charge on any atom is 0.312 e. The highest BCUT2D eigenvalue weighted by Crippen LogP contribution is 2.48. The summed E-state index contributed by atoms with van der Waals surface area (Å²) in [5, 5.41) is 11.5. The van der Waals surface area contributed by atoms with E-state index < -0.39 is 18.3 Å². The number of rotatable bonds is 5. The molecule has 96 valence electrons. The van der Waals surface area contributed by atoms with Crippen molar-refractivity contribution >= 4 is 23.6 Å². The van der Waals surface area contributed by atoms with Crippen LogP contribution in [0.4, 0.5) is 0 Å². The zero-order valence-electron chi connectivity index (χ0n) is 10.1. The highest BCUT2D eigenvalue weighted by atomic mass is 32.2. The van der Waals surface area contributed by atoms with Gasteiger partial charge in [0, 0.05) is 4.90 Å². The summed E-state index contributed by atoms with van der Waals surface area (Å²) in [7, 11) is 0. The number of amides is 1. The van der Waals surface area contributed by atoms with Gasteiger partial charge >= 0.3 is 5.97 Å². The van der Waals surface area contributed by atoms with Crippen LogP contribution in [0.3, 0.4) is 0 Å². The van der Waals surface area contributed by atoms with Crippen molar-refractivity contribution in [2.75, 3.05) is 6.26 Å². The van der Waals surface area contributed by atoms with Gasteiger partial charge in [-0.05, 0) is 30.7 Å². The third-order valence-electron chi connectivity index (χ3n) is 3.06. The van der Waals surface area contributed by atoms with E-state index in [1.807, 2.05) is 30.5 Å². The van der Waals surface area contributed by atoms with Gasteiger partial charge in [-0.25, -0.2) is 0 Å². The number of hydrogen-bond donors (Lipinski definition) is 2. The molecule has 18 heavy (non-hydrogen) atoms. The molecule has 0 spiro atoms. The Morgan fingerprint density at radius 1 is 1.39 bits per heavy atom. The molecule has 1 amide bonds. The molecule has 0 aromatic heterocycles.